The molecule has 0 spiro atoms. The molecule has 4 heteroatoms. The van der Waals surface area contributed by atoms with Gasteiger partial charge in [0, 0.05) is 10.2 Å². The van der Waals surface area contributed by atoms with Crippen molar-refractivity contribution in [1.29, 1.82) is 0 Å². The van der Waals surface area contributed by atoms with Crippen LogP contribution in [0.25, 0.3) is 0 Å². The van der Waals surface area contributed by atoms with E-state index in [1.165, 1.54) is 12.8 Å². The number of sulfone groups is 1. The molecule has 3 aliphatic rings. The van der Waals surface area contributed by atoms with Crippen molar-refractivity contribution in [1.82, 2.24) is 0 Å². The van der Waals surface area contributed by atoms with E-state index in [-0.39, 0.29) is 10.8 Å². The molecule has 0 amide bonds. The molecule has 2 nitrogen and oxygen atoms in total. The number of hydrogen-bond acceptors (Lipinski definition) is 2. The quantitative estimate of drug-likeness (QED) is 0.509. The van der Waals surface area contributed by atoms with Gasteiger partial charge in [-0.05, 0) is 24.7 Å². The largest absolute Gasteiger partial charge is 0.229 e. The molecule has 0 aromatic heterocycles. The fourth-order valence-electron chi connectivity index (χ4n) is 4.13. The second-order valence-corrected chi connectivity index (χ2v) is 9.00. The van der Waals surface area contributed by atoms with E-state index in [4.69, 9.17) is 0 Å². The summed E-state index contributed by atoms with van der Waals surface area (Å²) in [7, 11) is -2.83. The lowest BCUT2D eigenvalue weighted by molar-refractivity contribution is 0.0667. The minimum absolute atomic E-state index is 0.0195. The van der Waals surface area contributed by atoms with Gasteiger partial charge < -0.3 is 0 Å². The zero-order valence-electron chi connectivity index (χ0n) is 9.28. The molecule has 3 atom stereocenters. The van der Waals surface area contributed by atoms with Gasteiger partial charge in [0.15, 0.2) is 9.84 Å². The fraction of sp³-hybridized carbons (Fsp3) is 0.833. The Morgan fingerprint density at radius 3 is 2.75 bits per heavy atom. The average Bonchev–Trinajstić information content (AvgIpc) is 2.42. The first-order valence-electron chi connectivity index (χ1n) is 6.01. The molecule has 16 heavy (non-hydrogen) atoms. The summed E-state index contributed by atoms with van der Waals surface area (Å²) in [5.41, 5.74) is 0.0291. The molecule has 1 aliphatic heterocycles. The van der Waals surface area contributed by atoms with Gasteiger partial charge >= 0.3 is 0 Å². The second kappa shape index (κ2) is 3.35. The van der Waals surface area contributed by atoms with Gasteiger partial charge in [0.1, 0.15) is 0 Å². The SMILES string of the molecule is O=S1(=O)C[C@]23C=C[C@@H](Br)C[C@@]2(CCCC3)C1. The maximum absolute atomic E-state index is 12.0. The topological polar surface area (TPSA) is 34.1 Å². The van der Waals surface area contributed by atoms with Gasteiger partial charge in [0.2, 0.25) is 0 Å². The molecule has 0 N–H and O–H groups in total. The molecular weight excluding hydrogens is 288 g/mol. The van der Waals surface area contributed by atoms with Crippen molar-refractivity contribution in [2.75, 3.05) is 11.5 Å². The minimum atomic E-state index is -2.83. The van der Waals surface area contributed by atoms with E-state index >= 15 is 0 Å². The molecule has 0 unspecified atom stereocenters. The van der Waals surface area contributed by atoms with E-state index < -0.39 is 9.84 Å². The molecule has 1 saturated heterocycles. The summed E-state index contributed by atoms with van der Waals surface area (Å²) in [5.74, 6) is 0.822. The molecule has 0 radical (unpaired) electrons. The van der Waals surface area contributed by atoms with Crippen LogP contribution in [0.3, 0.4) is 0 Å². The Labute approximate surface area is 106 Å². The maximum atomic E-state index is 12.0. The predicted octanol–water partition coefficient (Wildman–Crippen LogP) is 2.69. The Morgan fingerprint density at radius 1 is 1.19 bits per heavy atom. The van der Waals surface area contributed by atoms with Crippen LogP contribution in [0.1, 0.15) is 32.1 Å². The van der Waals surface area contributed by atoms with Gasteiger partial charge in [-0.1, -0.05) is 40.9 Å². The molecule has 90 valence electrons. The lowest BCUT2D eigenvalue weighted by Crippen LogP contribution is -2.46. The highest BCUT2D eigenvalue weighted by Gasteiger charge is 2.61. The lowest BCUT2D eigenvalue weighted by Gasteiger charge is -2.50. The molecule has 2 aliphatic carbocycles. The monoisotopic (exact) mass is 304 g/mol. The summed E-state index contributed by atoms with van der Waals surface area (Å²) in [6.07, 6.45) is 9.95. The highest BCUT2D eigenvalue weighted by atomic mass is 79.9. The van der Waals surface area contributed by atoms with E-state index in [1.54, 1.807) is 0 Å². The van der Waals surface area contributed by atoms with Crippen molar-refractivity contribution in [3.05, 3.63) is 12.2 Å². The van der Waals surface area contributed by atoms with Crippen molar-refractivity contribution in [3.63, 3.8) is 0 Å². The Hall–Kier alpha value is 0.170. The fourth-order valence-corrected chi connectivity index (χ4v) is 7.72. The van der Waals surface area contributed by atoms with E-state index in [1.807, 2.05) is 0 Å². The maximum Gasteiger partial charge on any atom is 0.151 e. The molecule has 2 fully saturated rings. The highest BCUT2D eigenvalue weighted by Crippen LogP contribution is 2.62. The van der Waals surface area contributed by atoms with E-state index in [9.17, 15) is 8.42 Å². The average molecular weight is 305 g/mol. The third kappa shape index (κ3) is 1.45. The van der Waals surface area contributed by atoms with Crippen molar-refractivity contribution < 1.29 is 8.42 Å². The van der Waals surface area contributed by atoms with Crippen LogP contribution in [-0.4, -0.2) is 24.8 Å². The van der Waals surface area contributed by atoms with Crippen LogP contribution < -0.4 is 0 Å². The summed E-state index contributed by atoms with van der Waals surface area (Å²) >= 11 is 3.63. The zero-order chi connectivity index (χ0) is 11.4. The molecule has 0 aromatic rings. The van der Waals surface area contributed by atoms with Crippen LogP contribution in [0, 0.1) is 10.8 Å². The van der Waals surface area contributed by atoms with Gasteiger partial charge in [-0.2, -0.15) is 0 Å². The van der Waals surface area contributed by atoms with Gasteiger partial charge in [-0.15, -0.1) is 0 Å². The third-order valence-electron chi connectivity index (χ3n) is 4.77. The molecule has 1 heterocycles. The Morgan fingerprint density at radius 2 is 1.94 bits per heavy atom. The Kier molecular flexibility index (Phi) is 2.36. The van der Waals surface area contributed by atoms with Crippen LogP contribution in [0.15, 0.2) is 12.2 Å². The standard InChI is InChI=1S/C12H17BrO2S/c13-10-3-6-11-4-1-2-5-12(11,7-10)9-16(14,15)8-11/h3,6,10H,1-2,4-5,7-9H2/t10-,11+,12+/m1/s1. The lowest BCUT2D eigenvalue weighted by atomic mass is 9.54. The number of allylic oxidation sites excluding steroid dienone is 2. The van der Waals surface area contributed by atoms with Crippen LogP contribution >= 0.6 is 15.9 Å². The summed E-state index contributed by atoms with van der Waals surface area (Å²) in [6, 6.07) is 0. The van der Waals surface area contributed by atoms with Gasteiger partial charge in [0.25, 0.3) is 0 Å². The third-order valence-corrected chi connectivity index (χ3v) is 7.34. The predicted molar refractivity (Wildman–Crippen MR) is 68.5 cm³/mol. The first-order valence-corrected chi connectivity index (χ1v) is 8.75. The van der Waals surface area contributed by atoms with Crippen molar-refractivity contribution in [3.8, 4) is 0 Å². The summed E-state index contributed by atoms with van der Waals surface area (Å²) in [6.45, 7) is 0. The number of rotatable bonds is 0. The second-order valence-electron chi connectivity index (χ2n) is 5.76. The number of hydrogen-bond donors (Lipinski definition) is 0. The zero-order valence-corrected chi connectivity index (χ0v) is 11.7. The van der Waals surface area contributed by atoms with Crippen molar-refractivity contribution in [2.24, 2.45) is 10.8 Å². The van der Waals surface area contributed by atoms with Crippen LogP contribution in [0.5, 0.6) is 0 Å². The molecule has 0 aromatic carbocycles. The van der Waals surface area contributed by atoms with Crippen LogP contribution in [0.4, 0.5) is 0 Å². The number of halogens is 1. The normalized spacial score (nSPS) is 49.7. The molecule has 1 saturated carbocycles. The molecule has 3 rings (SSSR count). The van der Waals surface area contributed by atoms with E-state index in [0.29, 0.717) is 16.3 Å². The summed E-state index contributed by atoms with van der Waals surface area (Å²) in [4.78, 5) is 0.368. The Balaban J connectivity index is 2.13. The van der Waals surface area contributed by atoms with Gasteiger partial charge in [0.05, 0.1) is 11.5 Å². The van der Waals surface area contributed by atoms with Crippen molar-refractivity contribution in [2.45, 2.75) is 36.9 Å². The van der Waals surface area contributed by atoms with Crippen molar-refractivity contribution >= 4 is 25.8 Å². The molecular formula is C12H17BrO2S. The summed E-state index contributed by atoms with van der Waals surface area (Å²) < 4.78 is 24.0. The first-order chi connectivity index (χ1) is 7.47. The summed E-state index contributed by atoms with van der Waals surface area (Å²) in [5, 5.41) is 0. The highest BCUT2D eigenvalue weighted by molar-refractivity contribution is 9.09. The van der Waals surface area contributed by atoms with Gasteiger partial charge in [-0.25, -0.2) is 8.42 Å². The van der Waals surface area contributed by atoms with Crippen LogP contribution in [-0.2, 0) is 9.84 Å². The smallest absolute Gasteiger partial charge is 0.151 e. The minimum Gasteiger partial charge on any atom is -0.229 e. The van der Waals surface area contributed by atoms with Crippen LogP contribution in [0.2, 0.25) is 0 Å². The Bertz CT molecular complexity index is 442. The van der Waals surface area contributed by atoms with Gasteiger partial charge in [-0.3, -0.25) is 0 Å². The first kappa shape index (κ1) is 11.3. The number of alkyl halides is 1. The molecule has 0 bridgehead atoms. The van der Waals surface area contributed by atoms with E-state index in [0.717, 1.165) is 19.3 Å². The van der Waals surface area contributed by atoms with E-state index in [2.05, 4.69) is 28.1 Å².